The van der Waals surface area contributed by atoms with Crippen molar-refractivity contribution in [3.05, 3.63) is 17.7 Å². The van der Waals surface area contributed by atoms with Crippen LogP contribution in [0.4, 0.5) is 0 Å². The van der Waals surface area contributed by atoms with Crippen LogP contribution in [0, 0.1) is 0 Å². The second-order valence-electron chi connectivity index (χ2n) is 22.2. The van der Waals surface area contributed by atoms with Gasteiger partial charge in [-0.3, -0.25) is 0 Å². The zero-order chi connectivity index (χ0) is 49.4. The summed E-state index contributed by atoms with van der Waals surface area (Å²) in [6.07, 6.45) is 76.6. The van der Waals surface area contributed by atoms with Gasteiger partial charge in [0.25, 0.3) is 0 Å². The van der Waals surface area contributed by atoms with Crippen molar-refractivity contribution in [3.63, 3.8) is 0 Å². The Hall–Kier alpha value is 0.270. The summed E-state index contributed by atoms with van der Waals surface area (Å²) in [5.74, 6) is 3.89. The molecule has 0 spiro atoms. The van der Waals surface area contributed by atoms with Gasteiger partial charge in [-0.2, -0.15) is 0 Å². The standard InChI is InChI=1S/C66H126S3/c1-5-9-12-15-18-21-24-27-30-33-36-39-42-45-48-51-54-58-67-64-61-63(57-8-4)62-65(68-59-55-52-49-46-43-40-37-34-31-28-25-22-19-16-13-10-6-2)66(64)69-60-56-53-50-47-44-41-38-35-32-29-26-23-20-17-14-11-7-3/h61-62H,5-60H2,1-4H3. The molecule has 0 bridgehead atoms. The minimum absolute atomic E-state index is 1.23. The molecule has 1 aromatic rings. The number of thioether (sulfide) groups is 3. The quantitative estimate of drug-likeness (QED) is 0.0471. The zero-order valence-corrected chi connectivity index (χ0v) is 50.4. The van der Waals surface area contributed by atoms with Crippen molar-refractivity contribution in [1.82, 2.24) is 0 Å². The molecule has 3 heteroatoms. The molecule has 0 aliphatic rings. The van der Waals surface area contributed by atoms with E-state index in [-0.39, 0.29) is 0 Å². The lowest BCUT2D eigenvalue weighted by Gasteiger charge is -2.17. The zero-order valence-electron chi connectivity index (χ0n) is 48.0. The van der Waals surface area contributed by atoms with Crippen LogP contribution in [0.3, 0.4) is 0 Å². The lowest BCUT2D eigenvalue weighted by molar-refractivity contribution is 0.529. The van der Waals surface area contributed by atoms with E-state index in [1.165, 1.54) is 358 Å². The summed E-state index contributed by atoms with van der Waals surface area (Å²) in [4.78, 5) is 4.90. The molecule has 0 aliphatic heterocycles. The monoisotopic (exact) mass is 1010 g/mol. The highest BCUT2D eigenvalue weighted by atomic mass is 32.2. The molecule has 0 aromatic heterocycles. The van der Waals surface area contributed by atoms with E-state index in [9.17, 15) is 0 Å². The van der Waals surface area contributed by atoms with Gasteiger partial charge in [0.05, 0.1) is 0 Å². The Balaban J connectivity index is 2.44. The maximum absolute atomic E-state index is 2.62. The van der Waals surface area contributed by atoms with Gasteiger partial charge in [-0.05, 0) is 60.6 Å². The Morgan fingerprint density at radius 2 is 0.406 bits per heavy atom. The minimum Gasteiger partial charge on any atom is -0.125 e. The maximum Gasteiger partial charge on any atom is 0.0344 e. The van der Waals surface area contributed by atoms with Crippen LogP contribution in [0.1, 0.15) is 367 Å². The van der Waals surface area contributed by atoms with Crippen molar-refractivity contribution in [2.75, 3.05) is 17.3 Å². The SMILES string of the molecule is CCCCCCCCCCCCCCCCCCCSc1cc(CCC)cc(SCCCCCCCCCCCCCCCCCCC)c1SCCCCCCCCCCCCCCCCCCC. The molecule has 1 aromatic carbocycles. The van der Waals surface area contributed by atoms with Gasteiger partial charge in [-0.1, -0.05) is 342 Å². The molecule has 1 rings (SSSR count). The van der Waals surface area contributed by atoms with Crippen molar-refractivity contribution >= 4 is 35.3 Å². The molecule has 0 heterocycles. The Morgan fingerprint density at radius 1 is 0.217 bits per heavy atom. The fourth-order valence-electron chi connectivity index (χ4n) is 10.4. The van der Waals surface area contributed by atoms with E-state index in [4.69, 9.17) is 0 Å². The molecule has 0 unspecified atom stereocenters. The molecule has 0 N–H and O–H groups in total. The predicted molar refractivity (Wildman–Crippen MR) is 325 cm³/mol. The molecule has 0 fully saturated rings. The van der Waals surface area contributed by atoms with Crippen molar-refractivity contribution in [2.24, 2.45) is 0 Å². The average molecular weight is 1020 g/mol. The average Bonchev–Trinajstić information content (AvgIpc) is 3.35. The summed E-state index contributed by atoms with van der Waals surface area (Å²) in [5.41, 5.74) is 1.59. The number of unbranched alkanes of at least 4 members (excludes halogenated alkanes) is 48. The van der Waals surface area contributed by atoms with E-state index in [1.807, 2.05) is 0 Å². The van der Waals surface area contributed by atoms with Crippen molar-refractivity contribution < 1.29 is 0 Å². The van der Waals surface area contributed by atoms with Crippen LogP contribution in [0.5, 0.6) is 0 Å². The molecular formula is C66H126S3. The topological polar surface area (TPSA) is 0 Å². The number of rotatable bonds is 59. The van der Waals surface area contributed by atoms with Crippen molar-refractivity contribution in [1.29, 1.82) is 0 Å². The maximum atomic E-state index is 2.62. The van der Waals surface area contributed by atoms with Gasteiger partial charge in [-0.15, -0.1) is 35.3 Å². The van der Waals surface area contributed by atoms with Crippen LogP contribution in [0.25, 0.3) is 0 Å². The van der Waals surface area contributed by atoms with Gasteiger partial charge >= 0.3 is 0 Å². The molecule has 0 radical (unpaired) electrons. The molecule has 0 amide bonds. The predicted octanol–water partition coefficient (Wildman–Crippen LogP) is 25.9. The summed E-state index contributed by atoms with van der Waals surface area (Å²) < 4.78 is 0. The second-order valence-corrected chi connectivity index (χ2v) is 25.6. The second kappa shape index (κ2) is 57.5. The van der Waals surface area contributed by atoms with Crippen LogP contribution in [0.2, 0.25) is 0 Å². The number of benzene rings is 1. The highest BCUT2D eigenvalue weighted by Crippen LogP contribution is 2.41. The summed E-state index contributed by atoms with van der Waals surface area (Å²) in [5, 5.41) is 0. The Labute approximate surface area is 450 Å². The third-order valence-corrected chi connectivity index (χ3v) is 18.9. The van der Waals surface area contributed by atoms with Crippen molar-refractivity contribution in [2.45, 2.75) is 383 Å². The van der Waals surface area contributed by atoms with Crippen LogP contribution >= 0.6 is 35.3 Å². The lowest BCUT2D eigenvalue weighted by atomic mass is 10.0. The molecule has 0 nitrogen and oxygen atoms in total. The third kappa shape index (κ3) is 47.7. The van der Waals surface area contributed by atoms with E-state index in [0.717, 1.165) is 0 Å². The van der Waals surface area contributed by atoms with Gasteiger partial charge < -0.3 is 0 Å². The summed E-state index contributed by atoms with van der Waals surface area (Å²) in [7, 11) is 0. The van der Waals surface area contributed by atoms with Crippen LogP contribution < -0.4 is 0 Å². The van der Waals surface area contributed by atoms with Gasteiger partial charge in [-0.25, -0.2) is 0 Å². The number of hydrogen-bond donors (Lipinski definition) is 0. The van der Waals surface area contributed by atoms with E-state index in [1.54, 1.807) is 20.2 Å². The summed E-state index contributed by atoms with van der Waals surface area (Å²) in [6, 6.07) is 5.25. The normalized spacial score (nSPS) is 11.7. The molecule has 0 saturated heterocycles. The first-order valence-corrected chi connectivity index (χ1v) is 35.3. The van der Waals surface area contributed by atoms with Gasteiger partial charge in [0.15, 0.2) is 0 Å². The Morgan fingerprint density at radius 3 is 0.609 bits per heavy atom. The highest BCUT2D eigenvalue weighted by molar-refractivity contribution is 8.03. The van der Waals surface area contributed by atoms with Gasteiger partial charge in [0.2, 0.25) is 0 Å². The number of aryl methyl sites for hydroxylation is 1. The first-order valence-electron chi connectivity index (χ1n) is 32.3. The summed E-state index contributed by atoms with van der Waals surface area (Å²) >= 11 is 6.65. The third-order valence-electron chi connectivity index (χ3n) is 15.1. The van der Waals surface area contributed by atoms with Gasteiger partial charge in [0.1, 0.15) is 0 Å². The molecule has 0 atom stereocenters. The van der Waals surface area contributed by atoms with E-state index >= 15 is 0 Å². The van der Waals surface area contributed by atoms with E-state index in [2.05, 4.69) is 75.1 Å². The van der Waals surface area contributed by atoms with E-state index in [0.29, 0.717) is 0 Å². The fraction of sp³-hybridized carbons (Fsp3) is 0.909. The Kier molecular flexibility index (Phi) is 56.1. The fourth-order valence-corrected chi connectivity index (χ4v) is 14.3. The van der Waals surface area contributed by atoms with Crippen LogP contribution in [0.15, 0.2) is 26.8 Å². The Bertz CT molecular complexity index is 1050. The first-order chi connectivity index (χ1) is 34.3. The van der Waals surface area contributed by atoms with Crippen LogP contribution in [-0.2, 0) is 6.42 Å². The number of hydrogen-bond acceptors (Lipinski definition) is 3. The summed E-state index contributed by atoms with van der Waals surface area (Å²) in [6.45, 7) is 9.33. The highest BCUT2D eigenvalue weighted by Gasteiger charge is 2.14. The van der Waals surface area contributed by atoms with Crippen LogP contribution in [-0.4, -0.2) is 17.3 Å². The minimum atomic E-state index is 1.23. The molecular weight excluding hydrogens is 889 g/mol. The smallest absolute Gasteiger partial charge is 0.0344 e. The molecule has 408 valence electrons. The molecule has 0 saturated carbocycles. The molecule has 69 heavy (non-hydrogen) atoms. The first kappa shape index (κ1) is 67.3. The van der Waals surface area contributed by atoms with E-state index < -0.39 is 0 Å². The largest absolute Gasteiger partial charge is 0.125 e. The lowest BCUT2D eigenvalue weighted by Crippen LogP contribution is -1.94. The van der Waals surface area contributed by atoms with Gasteiger partial charge in [0, 0.05) is 14.7 Å². The van der Waals surface area contributed by atoms with Crippen molar-refractivity contribution in [3.8, 4) is 0 Å². The molecule has 0 aliphatic carbocycles.